The molecule has 2 aromatic rings. The fourth-order valence-electron chi connectivity index (χ4n) is 3.17. The quantitative estimate of drug-likeness (QED) is 0.587. The van der Waals surface area contributed by atoms with Gasteiger partial charge in [-0.1, -0.05) is 30.3 Å². The molecule has 3 rings (SSSR count). The highest BCUT2D eigenvalue weighted by Gasteiger charge is 2.43. The zero-order valence-electron chi connectivity index (χ0n) is 14.6. The van der Waals surface area contributed by atoms with E-state index in [9.17, 15) is 28.8 Å². The van der Waals surface area contributed by atoms with Gasteiger partial charge in [0.2, 0.25) is 0 Å². The van der Waals surface area contributed by atoms with E-state index in [-0.39, 0.29) is 4.90 Å². The van der Waals surface area contributed by atoms with Crippen LogP contribution in [0.3, 0.4) is 0 Å². The van der Waals surface area contributed by atoms with Crippen LogP contribution in [0.2, 0.25) is 0 Å². The van der Waals surface area contributed by atoms with E-state index in [0.717, 1.165) is 17.4 Å². The van der Waals surface area contributed by atoms with Crippen molar-refractivity contribution in [3.63, 3.8) is 0 Å². The summed E-state index contributed by atoms with van der Waals surface area (Å²) in [5.74, 6) is 0. The molecule has 2 aromatic carbocycles. The van der Waals surface area contributed by atoms with Crippen molar-refractivity contribution in [2.24, 2.45) is 0 Å². The lowest BCUT2D eigenvalue weighted by molar-refractivity contribution is -0.231. The maximum absolute atomic E-state index is 11.6. The Morgan fingerprint density at radius 2 is 1.59 bits per heavy atom. The molecule has 0 spiro atoms. The first-order valence-electron chi connectivity index (χ1n) is 8.43. The van der Waals surface area contributed by atoms with E-state index in [0.29, 0.717) is 5.56 Å². The Kier molecular flexibility index (Phi) is 5.66. The number of aliphatic hydroxyl groups is 4. The minimum absolute atomic E-state index is 0.219. The maximum Gasteiger partial charge on any atom is 0.175 e. The Labute approximate surface area is 157 Å². The van der Waals surface area contributed by atoms with Crippen LogP contribution in [0, 0.1) is 0 Å². The summed E-state index contributed by atoms with van der Waals surface area (Å²) in [6, 6.07) is 13.4. The Morgan fingerprint density at radius 3 is 2.19 bits per heavy atom. The van der Waals surface area contributed by atoms with Gasteiger partial charge >= 0.3 is 0 Å². The Balaban J connectivity index is 1.91. The first kappa shape index (κ1) is 19.9. The number of aliphatic hydroxyl groups excluding tert-OH is 4. The van der Waals surface area contributed by atoms with Crippen molar-refractivity contribution in [3.8, 4) is 11.1 Å². The molecule has 0 amide bonds. The zero-order chi connectivity index (χ0) is 19.8. The van der Waals surface area contributed by atoms with Crippen molar-refractivity contribution >= 4 is 9.84 Å². The molecule has 0 bridgehead atoms. The van der Waals surface area contributed by atoms with Crippen LogP contribution in [0.25, 0.3) is 11.1 Å². The van der Waals surface area contributed by atoms with Gasteiger partial charge in [0.1, 0.15) is 30.5 Å². The van der Waals surface area contributed by atoms with Gasteiger partial charge in [-0.05, 0) is 34.9 Å². The molecule has 4 N–H and O–H groups in total. The van der Waals surface area contributed by atoms with Crippen molar-refractivity contribution < 1.29 is 33.6 Å². The molecule has 146 valence electrons. The van der Waals surface area contributed by atoms with Gasteiger partial charge < -0.3 is 25.2 Å². The van der Waals surface area contributed by atoms with Crippen molar-refractivity contribution in [1.29, 1.82) is 0 Å². The van der Waals surface area contributed by atoms with Gasteiger partial charge in [-0.25, -0.2) is 8.42 Å². The zero-order valence-corrected chi connectivity index (χ0v) is 15.5. The van der Waals surface area contributed by atoms with Crippen molar-refractivity contribution in [3.05, 3.63) is 54.1 Å². The predicted octanol–water partition coefficient (Wildman–Crippen LogP) is 0.272. The van der Waals surface area contributed by atoms with Gasteiger partial charge in [-0.15, -0.1) is 0 Å². The van der Waals surface area contributed by atoms with Crippen LogP contribution in [0.4, 0.5) is 0 Å². The molecule has 5 atom stereocenters. The summed E-state index contributed by atoms with van der Waals surface area (Å²) in [5, 5.41) is 39.5. The summed E-state index contributed by atoms with van der Waals surface area (Å²) >= 11 is 0. The second kappa shape index (κ2) is 7.67. The Morgan fingerprint density at radius 1 is 0.926 bits per heavy atom. The van der Waals surface area contributed by atoms with E-state index in [1.807, 2.05) is 6.07 Å². The highest BCUT2D eigenvalue weighted by atomic mass is 32.2. The maximum atomic E-state index is 11.6. The van der Waals surface area contributed by atoms with Gasteiger partial charge in [-0.2, -0.15) is 0 Å². The monoisotopic (exact) mass is 394 g/mol. The highest BCUT2D eigenvalue weighted by molar-refractivity contribution is 7.90. The van der Waals surface area contributed by atoms with Crippen LogP contribution in [-0.4, -0.2) is 66.1 Å². The summed E-state index contributed by atoms with van der Waals surface area (Å²) < 4.78 is 28.8. The third-order valence-electron chi connectivity index (χ3n) is 4.72. The molecule has 0 aromatic heterocycles. The number of benzene rings is 2. The lowest BCUT2D eigenvalue weighted by atomic mass is 9.90. The minimum Gasteiger partial charge on any atom is -0.394 e. The standard InChI is InChI=1S/C19H22O7S/c1-27(24,25)14-7-5-11(6-8-14)12-3-2-4-13(9-12)19-18(23)17(22)16(21)15(10-20)26-19/h2-9,15-23H,10H2,1H3. The molecule has 1 heterocycles. The third kappa shape index (κ3) is 4.06. The molecule has 1 aliphatic rings. The predicted molar refractivity (Wildman–Crippen MR) is 97.7 cm³/mol. The van der Waals surface area contributed by atoms with Crippen LogP contribution >= 0.6 is 0 Å². The molecule has 0 saturated carbocycles. The van der Waals surface area contributed by atoms with Crippen LogP contribution in [0.15, 0.2) is 53.4 Å². The summed E-state index contributed by atoms with van der Waals surface area (Å²) in [7, 11) is -3.28. The molecule has 8 heteroatoms. The molecule has 5 unspecified atom stereocenters. The average molecular weight is 394 g/mol. The molecular formula is C19H22O7S. The Hall–Kier alpha value is -1.81. The first-order chi connectivity index (χ1) is 12.7. The van der Waals surface area contributed by atoms with Crippen LogP contribution < -0.4 is 0 Å². The number of hydrogen-bond donors (Lipinski definition) is 4. The van der Waals surface area contributed by atoms with E-state index < -0.39 is 47.0 Å². The van der Waals surface area contributed by atoms with Gasteiger partial charge in [0.15, 0.2) is 9.84 Å². The first-order valence-corrected chi connectivity index (χ1v) is 10.3. The van der Waals surface area contributed by atoms with Gasteiger partial charge in [0.05, 0.1) is 11.5 Å². The molecule has 0 radical (unpaired) electrons. The lowest BCUT2D eigenvalue weighted by Gasteiger charge is -2.40. The summed E-state index contributed by atoms with van der Waals surface area (Å²) in [5.41, 5.74) is 2.11. The van der Waals surface area contributed by atoms with Gasteiger partial charge in [-0.3, -0.25) is 0 Å². The van der Waals surface area contributed by atoms with Crippen LogP contribution in [0.1, 0.15) is 11.7 Å². The smallest absolute Gasteiger partial charge is 0.175 e. The number of hydrogen-bond acceptors (Lipinski definition) is 7. The molecular weight excluding hydrogens is 372 g/mol. The second-order valence-corrected chi connectivity index (χ2v) is 8.69. The average Bonchev–Trinajstić information content (AvgIpc) is 2.66. The van der Waals surface area contributed by atoms with Crippen molar-refractivity contribution in [2.75, 3.05) is 12.9 Å². The van der Waals surface area contributed by atoms with Crippen LogP contribution in [-0.2, 0) is 14.6 Å². The van der Waals surface area contributed by atoms with Gasteiger partial charge in [0.25, 0.3) is 0 Å². The fourth-order valence-corrected chi connectivity index (χ4v) is 3.80. The number of ether oxygens (including phenoxy) is 1. The summed E-state index contributed by atoms with van der Waals surface area (Å²) in [6.07, 6.45) is -4.97. The summed E-state index contributed by atoms with van der Waals surface area (Å²) in [6.45, 7) is -0.492. The molecule has 1 fully saturated rings. The fraction of sp³-hybridized carbons (Fsp3) is 0.368. The normalized spacial score (nSPS) is 28.9. The SMILES string of the molecule is CS(=O)(=O)c1ccc(-c2cccc(C3OC(CO)C(O)C(O)C3O)c2)cc1. The molecule has 1 aliphatic heterocycles. The van der Waals surface area contributed by atoms with Crippen molar-refractivity contribution in [1.82, 2.24) is 0 Å². The second-order valence-electron chi connectivity index (χ2n) is 6.67. The lowest BCUT2D eigenvalue weighted by Crippen LogP contribution is -2.55. The molecule has 1 saturated heterocycles. The van der Waals surface area contributed by atoms with Gasteiger partial charge in [0, 0.05) is 6.26 Å². The molecule has 27 heavy (non-hydrogen) atoms. The van der Waals surface area contributed by atoms with E-state index in [4.69, 9.17) is 4.74 Å². The minimum atomic E-state index is -3.28. The number of sulfone groups is 1. The Bertz CT molecular complexity index is 893. The topological polar surface area (TPSA) is 124 Å². The highest BCUT2D eigenvalue weighted by Crippen LogP contribution is 2.34. The van der Waals surface area contributed by atoms with Crippen molar-refractivity contribution in [2.45, 2.75) is 35.4 Å². The van der Waals surface area contributed by atoms with E-state index in [2.05, 4.69) is 0 Å². The van der Waals surface area contributed by atoms with E-state index in [1.54, 1.807) is 30.3 Å². The third-order valence-corrected chi connectivity index (χ3v) is 5.85. The molecule has 7 nitrogen and oxygen atoms in total. The summed E-state index contributed by atoms with van der Waals surface area (Å²) in [4.78, 5) is 0.219. The van der Waals surface area contributed by atoms with Crippen LogP contribution in [0.5, 0.6) is 0 Å². The molecule has 0 aliphatic carbocycles. The number of rotatable bonds is 4. The van der Waals surface area contributed by atoms with E-state index in [1.165, 1.54) is 12.1 Å². The van der Waals surface area contributed by atoms with E-state index >= 15 is 0 Å². The largest absolute Gasteiger partial charge is 0.394 e.